The van der Waals surface area contributed by atoms with E-state index in [1.54, 1.807) is 36.1 Å². The molecule has 2 N–H and O–H groups in total. The number of rotatable bonds is 4. The van der Waals surface area contributed by atoms with Crippen LogP contribution in [-0.4, -0.2) is 53.6 Å². The predicted molar refractivity (Wildman–Crippen MR) is 90.3 cm³/mol. The number of amides is 2. The van der Waals surface area contributed by atoms with Gasteiger partial charge in [-0.05, 0) is 44.4 Å². The third-order valence-corrected chi connectivity index (χ3v) is 4.88. The maximum absolute atomic E-state index is 12.6. The third kappa shape index (κ3) is 3.66. The third-order valence-electron chi connectivity index (χ3n) is 4.88. The van der Waals surface area contributed by atoms with Gasteiger partial charge in [-0.25, -0.2) is 0 Å². The van der Waals surface area contributed by atoms with E-state index in [9.17, 15) is 19.5 Å². The number of likely N-dealkylation sites (tertiary alicyclic amines) is 1. The molecule has 2 atom stereocenters. The van der Waals surface area contributed by atoms with Crippen molar-refractivity contribution in [3.8, 4) is 0 Å². The summed E-state index contributed by atoms with van der Waals surface area (Å²) in [6, 6.07) is 6.70. The van der Waals surface area contributed by atoms with Crippen LogP contribution in [0, 0.1) is 5.41 Å². The van der Waals surface area contributed by atoms with Crippen LogP contribution >= 0.6 is 0 Å². The number of carboxylic acids is 1. The fraction of sp³-hybridized carbons (Fsp3) is 0.500. The smallest absolute Gasteiger partial charge is 0.311 e. The van der Waals surface area contributed by atoms with Crippen molar-refractivity contribution >= 4 is 23.5 Å². The van der Waals surface area contributed by atoms with E-state index in [0.717, 1.165) is 6.42 Å². The predicted octanol–water partition coefficient (Wildman–Crippen LogP) is 1.74. The summed E-state index contributed by atoms with van der Waals surface area (Å²) in [7, 11) is 0. The van der Waals surface area contributed by atoms with Crippen LogP contribution in [0.1, 0.15) is 36.5 Å². The van der Waals surface area contributed by atoms with Gasteiger partial charge in [-0.15, -0.1) is 0 Å². The molecule has 2 fully saturated rings. The second-order valence-electron chi connectivity index (χ2n) is 6.91. The van der Waals surface area contributed by atoms with Gasteiger partial charge in [0.05, 0.1) is 5.41 Å². The molecule has 25 heavy (non-hydrogen) atoms. The van der Waals surface area contributed by atoms with Gasteiger partial charge in [0.15, 0.2) is 0 Å². The van der Waals surface area contributed by atoms with E-state index in [1.807, 2.05) is 0 Å². The van der Waals surface area contributed by atoms with Gasteiger partial charge in [0.2, 0.25) is 0 Å². The van der Waals surface area contributed by atoms with Crippen LogP contribution in [0.25, 0.3) is 0 Å². The number of aliphatic carboxylic acids is 1. The summed E-state index contributed by atoms with van der Waals surface area (Å²) in [6.45, 7) is 2.84. The van der Waals surface area contributed by atoms with Crippen LogP contribution in [0.5, 0.6) is 0 Å². The number of hydrogen-bond acceptors (Lipinski definition) is 4. The Morgan fingerprint density at radius 3 is 2.80 bits per heavy atom. The maximum atomic E-state index is 12.6. The second-order valence-corrected chi connectivity index (χ2v) is 6.91. The standard InChI is InChI=1S/C18H22N2O5/c1-18(17(23)24)7-8-20(11-18)16(22)12-4-2-5-13(10-12)19-15(21)14-6-3-9-25-14/h2,4-5,10,14H,3,6-9,11H2,1H3,(H,19,21)(H,23,24). The van der Waals surface area contributed by atoms with Crippen molar-refractivity contribution in [2.75, 3.05) is 25.0 Å². The van der Waals surface area contributed by atoms with E-state index in [2.05, 4.69) is 5.32 Å². The van der Waals surface area contributed by atoms with Crippen molar-refractivity contribution in [2.24, 2.45) is 5.41 Å². The molecule has 7 nitrogen and oxygen atoms in total. The monoisotopic (exact) mass is 346 g/mol. The summed E-state index contributed by atoms with van der Waals surface area (Å²) in [5.74, 6) is -1.32. The number of ether oxygens (including phenoxy) is 1. The molecule has 0 saturated carbocycles. The first-order valence-electron chi connectivity index (χ1n) is 8.44. The van der Waals surface area contributed by atoms with Crippen molar-refractivity contribution < 1.29 is 24.2 Å². The summed E-state index contributed by atoms with van der Waals surface area (Å²) in [6.07, 6.45) is 1.57. The quantitative estimate of drug-likeness (QED) is 0.866. The molecule has 2 heterocycles. The molecule has 1 aromatic rings. The van der Waals surface area contributed by atoms with Crippen molar-refractivity contribution in [1.29, 1.82) is 0 Å². The molecule has 2 amide bonds. The molecule has 2 aliphatic heterocycles. The van der Waals surface area contributed by atoms with Crippen molar-refractivity contribution in [2.45, 2.75) is 32.3 Å². The van der Waals surface area contributed by atoms with E-state index in [1.165, 1.54) is 0 Å². The van der Waals surface area contributed by atoms with E-state index >= 15 is 0 Å². The first kappa shape index (κ1) is 17.4. The molecule has 7 heteroatoms. The summed E-state index contributed by atoms with van der Waals surface area (Å²) < 4.78 is 5.35. The molecule has 134 valence electrons. The lowest BCUT2D eigenvalue weighted by Gasteiger charge is -2.20. The van der Waals surface area contributed by atoms with Gasteiger partial charge in [-0.3, -0.25) is 14.4 Å². The lowest BCUT2D eigenvalue weighted by Crippen LogP contribution is -2.35. The zero-order valence-electron chi connectivity index (χ0n) is 14.2. The zero-order valence-corrected chi connectivity index (χ0v) is 14.2. The largest absolute Gasteiger partial charge is 0.481 e. The highest BCUT2D eigenvalue weighted by Crippen LogP contribution is 2.31. The van der Waals surface area contributed by atoms with E-state index in [-0.39, 0.29) is 18.4 Å². The average Bonchev–Trinajstić information content (AvgIpc) is 3.25. The molecule has 1 aromatic carbocycles. The van der Waals surface area contributed by atoms with Crippen LogP contribution in [0.15, 0.2) is 24.3 Å². The summed E-state index contributed by atoms with van der Waals surface area (Å²) in [4.78, 5) is 37.6. The molecule has 0 aliphatic carbocycles. The number of nitrogens with zero attached hydrogens (tertiary/aromatic N) is 1. The van der Waals surface area contributed by atoms with Gasteiger partial charge in [0.1, 0.15) is 6.10 Å². The lowest BCUT2D eigenvalue weighted by molar-refractivity contribution is -0.147. The highest BCUT2D eigenvalue weighted by atomic mass is 16.5. The Morgan fingerprint density at radius 1 is 1.36 bits per heavy atom. The Kier molecular flexibility index (Phi) is 4.76. The summed E-state index contributed by atoms with van der Waals surface area (Å²) >= 11 is 0. The molecule has 0 radical (unpaired) electrons. The molecule has 0 spiro atoms. The number of nitrogens with one attached hydrogen (secondary N) is 1. The van der Waals surface area contributed by atoms with Gasteiger partial charge in [-0.2, -0.15) is 0 Å². The fourth-order valence-corrected chi connectivity index (χ4v) is 3.23. The minimum absolute atomic E-state index is 0.188. The summed E-state index contributed by atoms with van der Waals surface area (Å²) in [5, 5.41) is 12.1. The van der Waals surface area contributed by atoms with Gasteiger partial charge < -0.3 is 20.1 Å². The number of hydrogen-bond donors (Lipinski definition) is 2. The van der Waals surface area contributed by atoms with E-state index in [0.29, 0.717) is 37.2 Å². The number of anilines is 1. The molecule has 2 unspecified atom stereocenters. The SMILES string of the molecule is CC1(C(=O)O)CCN(C(=O)c2cccc(NC(=O)C3CCCO3)c2)C1. The molecule has 2 aliphatic rings. The first-order valence-corrected chi connectivity index (χ1v) is 8.44. The fourth-order valence-electron chi connectivity index (χ4n) is 3.23. The van der Waals surface area contributed by atoms with Crippen molar-refractivity contribution in [1.82, 2.24) is 4.90 Å². The van der Waals surface area contributed by atoms with Gasteiger partial charge >= 0.3 is 5.97 Å². The van der Waals surface area contributed by atoms with Gasteiger partial charge in [-0.1, -0.05) is 6.07 Å². The van der Waals surface area contributed by atoms with Gasteiger partial charge in [0.25, 0.3) is 11.8 Å². The van der Waals surface area contributed by atoms with Crippen molar-refractivity contribution in [3.63, 3.8) is 0 Å². The average molecular weight is 346 g/mol. The minimum atomic E-state index is -0.901. The Morgan fingerprint density at radius 2 is 2.16 bits per heavy atom. The molecule has 0 aromatic heterocycles. The molecule has 0 bridgehead atoms. The topological polar surface area (TPSA) is 95.9 Å². The Hall–Kier alpha value is -2.41. The minimum Gasteiger partial charge on any atom is -0.481 e. The lowest BCUT2D eigenvalue weighted by atomic mass is 9.90. The second kappa shape index (κ2) is 6.84. The van der Waals surface area contributed by atoms with Crippen molar-refractivity contribution in [3.05, 3.63) is 29.8 Å². The Bertz CT molecular complexity index is 698. The molecular weight excluding hydrogens is 324 g/mol. The van der Waals surface area contributed by atoms with Crippen LogP contribution in [0.3, 0.4) is 0 Å². The van der Waals surface area contributed by atoms with Crippen LogP contribution in [0.4, 0.5) is 5.69 Å². The first-order chi connectivity index (χ1) is 11.9. The molecule has 3 rings (SSSR count). The maximum Gasteiger partial charge on any atom is 0.311 e. The van der Waals surface area contributed by atoms with Crippen LogP contribution in [-0.2, 0) is 14.3 Å². The van der Waals surface area contributed by atoms with Crippen LogP contribution in [0.2, 0.25) is 0 Å². The number of benzene rings is 1. The van der Waals surface area contributed by atoms with E-state index in [4.69, 9.17) is 4.74 Å². The Balaban J connectivity index is 1.68. The Labute approximate surface area is 146 Å². The number of carboxylic acid groups (broad SMARTS) is 1. The highest BCUT2D eigenvalue weighted by Gasteiger charge is 2.42. The number of carbonyl (C=O) groups is 3. The normalized spacial score (nSPS) is 25.8. The number of carbonyl (C=O) groups excluding carboxylic acids is 2. The summed E-state index contributed by atoms with van der Waals surface area (Å²) in [5.41, 5.74) is 0.0627. The van der Waals surface area contributed by atoms with E-state index < -0.39 is 17.5 Å². The molecular formula is C18H22N2O5. The van der Waals surface area contributed by atoms with Crippen LogP contribution < -0.4 is 5.32 Å². The highest BCUT2D eigenvalue weighted by molar-refractivity contribution is 5.98. The molecule has 2 saturated heterocycles. The van der Waals surface area contributed by atoms with Gasteiger partial charge in [0, 0.05) is 30.9 Å². The zero-order chi connectivity index (χ0) is 18.0.